The van der Waals surface area contributed by atoms with Gasteiger partial charge in [0.2, 0.25) is 0 Å². The molecular weight excluding hydrogens is 315 g/mol. The Morgan fingerprint density at radius 3 is 2.85 bits per heavy atom. The summed E-state index contributed by atoms with van der Waals surface area (Å²) in [5.74, 6) is 2.14. The van der Waals surface area contributed by atoms with E-state index in [4.69, 9.17) is 23.2 Å². The smallest absolute Gasteiger partial charge is 0.111 e. The first-order valence-electron chi connectivity index (χ1n) is 6.56. The summed E-state index contributed by atoms with van der Waals surface area (Å²) in [5.41, 5.74) is 1.84. The lowest BCUT2D eigenvalue weighted by atomic mass is 10.2. The Balaban J connectivity index is 2.47. The molecule has 2 atom stereocenters. The topological polar surface area (TPSA) is 34.9 Å². The van der Waals surface area contributed by atoms with Crippen molar-refractivity contribution < 1.29 is 4.21 Å². The van der Waals surface area contributed by atoms with Gasteiger partial charge in [0.05, 0.1) is 16.1 Å². The molecule has 1 aromatic carbocycles. The summed E-state index contributed by atoms with van der Waals surface area (Å²) in [6.45, 7) is 2.11. The maximum Gasteiger partial charge on any atom is 0.111 e. The number of aryl methyl sites for hydroxylation is 1. The van der Waals surface area contributed by atoms with Crippen molar-refractivity contribution in [3.8, 4) is 0 Å². The first kappa shape index (κ1) is 15.8. The predicted octanol–water partition coefficient (Wildman–Crippen LogP) is 3.80. The van der Waals surface area contributed by atoms with Gasteiger partial charge >= 0.3 is 0 Å². The fraction of sp³-hybridized carbons (Fsp3) is 0.500. The van der Waals surface area contributed by atoms with Crippen LogP contribution in [0.5, 0.6) is 0 Å². The normalized spacial score (nSPS) is 14.6. The summed E-state index contributed by atoms with van der Waals surface area (Å²) in [7, 11) is -0.790. The maximum atomic E-state index is 11.3. The molecule has 0 spiro atoms. The molecule has 6 heteroatoms. The van der Waals surface area contributed by atoms with E-state index in [-0.39, 0.29) is 6.04 Å². The number of hydrogen-bond donors (Lipinski definition) is 0. The third-order valence-electron chi connectivity index (χ3n) is 3.32. The van der Waals surface area contributed by atoms with Crippen molar-refractivity contribution in [2.45, 2.75) is 25.8 Å². The van der Waals surface area contributed by atoms with Crippen LogP contribution in [0, 0.1) is 0 Å². The number of alkyl halides is 1. The highest BCUT2D eigenvalue weighted by Gasteiger charge is 2.17. The van der Waals surface area contributed by atoms with Gasteiger partial charge in [-0.15, -0.1) is 11.6 Å². The summed E-state index contributed by atoms with van der Waals surface area (Å²) in [6.07, 6.45) is 3.26. The maximum absolute atomic E-state index is 11.3. The van der Waals surface area contributed by atoms with Gasteiger partial charge in [-0.2, -0.15) is 0 Å². The minimum Gasteiger partial charge on any atom is -0.324 e. The van der Waals surface area contributed by atoms with Gasteiger partial charge in [0, 0.05) is 41.2 Å². The second-order valence-corrected chi connectivity index (χ2v) is 7.20. The van der Waals surface area contributed by atoms with Crippen molar-refractivity contribution in [3.05, 3.63) is 29.0 Å². The van der Waals surface area contributed by atoms with Crippen molar-refractivity contribution >= 4 is 45.0 Å². The highest BCUT2D eigenvalue weighted by atomic mass is 35.5. The van der Waals surface area contributed by atoms with Crippen LogP contribution < -0.4 is 0 Å². The largest absolute Gasteiger partial charge is 0.324 e. The number of halogens is 2. The molecule has 0 N–H and O–H groups in total. The van der Waals surface area contributed by atoms with E-state index in [1.165, 1.54) is 0 Å². The SMILES string of the molecule is CC(CCS(C)=O)n1c(CCCl)nc2cccc(Cl)c21. The number of nitrogens with zero attached hydrogens (tertiary/aromatic N) is 2. The number of rotatable bonds is 6. The van der Waals surface area contributed by atoms with E-state index in [1.54, 1.807) is 6.26 Å². The zero-order valence-corrected chi connectivity index (χ0v) is 13.9. The van der Waals surface area contributed by atoms with Gasteiger partial charge in [-0.25, -0.2) is 4.98 Å². The molecule has 0 fully saturated rings. The van der Waals surface area contributed by atoms with Gasteiger partial charge in [0.15, 0.2) is 0 Å². The minimum atomic E-state index is -0.790. The fourth-order valence-electron chi connectivity index (χ4n) is 2.36. The lowest BCUT2D eigenvalue weighted by Crippen LogP contribution is -2.13. The predicted molar refractivity (Wildman–Crippen MR) is 87.4 cm³/mol. The van der Waals surface area contributed by atoms with Crippen LogP contribution in [-0.2, 0) is 17.2 Å². The van der Waals surface area contributed by atoms with Crippen molar-refractivity contribution in [1.82, 2.24) is 9.55 Å². The van der Waals surface area contributed by atoms with Crippen LogP contribution >= 0.6 is 23.2 Å². The number of fused-ring (bicyclic) bond motifs is 1. The number of hydrogen-bond acceptors (Lipinski definition) is 2. The molecule has 0 bridgehead atoms. The van der Waals surface area contributed by atoms with E-state index in [0.717, 1.165) is 23.3 Å². The Labute approximate surface area is 131 Å². The first-order chi connectivity index (χ1) is 9.54. The third kappa shape index (κ3) is 3.35. The van der Waals surface area contributed by atoms with Crippen molar-refractivity contribution in [1.29, 1.82) is 0 Å². The summed E-state index contributed by atoms with van der Waals surface area (Å²) < 4.78 is 13.4. The van der Waals surface area contributed by atoms with Crippen LogP contribution in [0.4, 0.5) is 0 Å². The molecule has 0 aliphatic carbocycles. The minimum absolute atomic E-state index is 0.196. The average molecular weight is 333 g/mol. The molecule has 0 saturated heterocycles. The molecule has 0 aliphatic rings. The number of imidazole rings is 1. The molecule has 0 saturated carbocycles. The Kier molecular flexibility index (Phi) is 5.47. The van der Waals surface area contributed by atoms with E-state index >= 15 is 0 Å². The number of benzene rings is 1. The van der Waals surface area contributed by atoms with Gasteiger partial charge in [0.25, 0.3) is 0 Å². The molecule has 2 unspecified atom stereocenters. The summed E-state index contributed by atoms with van der Waals surface area (Å²) in [6, 6.07) is 5.93. The summed E-state index contributed by atoms with van der Waals surface area (Å²) in [5, 5.41) is 0.695. The van der Waals surface area contributed by atoms with Crippen molar-refractivity contribution in [2.24, 2.45) is 0 Å². The molecule has 0 amide bonds. The van der Waals surface area contributed by atoms with Crippen LogP contribution in [0.2, 0.25) is 5.02 Å². The zero-order chi connectivity index (χ0) is 14.7. The highest BCUT2D eigenvalue weighted by molar-refractivity contribution is 7.84. The Hall–Kier alpha value is -0.580. The Morgan fingerprint density at radius 2 is 2.20 bits per heavy atom. The zero-order valence-electron chi connectivity index (χ0n) is 11.6. The quantitative estimate of drug-likeness (QED) is 0.754. The lowest BCUT2D eigenvalue weighted by molar-refractivity contribution is 0.525. The van der Waals surface area contributed by atoms with E-state index in [0.29, 0.717) is 23.1 Å². The van der Waals surface area contributed by atoms with Crippen LogP contribution in [0.3, 0.4) is 0 Å². The average Bonchev–Trinajstić information content (AvgIpc) is 2.76. The first-order valence-corrected chi connectivity index (χ1v) is 9.20. The van der Waals surface area contributed by atoms with Crippen molar-refractivity contribution in [2.75, 3.05) is 17.9 Å². The highest BCUT2D eigenvalue weighted by Crippen LogP contribution is 2.29. The van der Waals surface area contributed by atoms with Crippen LogP contribution in [0.1, 0.15) is 25.2 Å². The monoisotopic (exact) mass is 332 g/mol. The summed E-state index contributed by atoms with van der Waals surface area (Å²) >= 11 is 12.2. The standard InChI is InChI=1S/C14H18Cl2N2OS/c1-10(7-9-20(2)19)18-13(6-8-15)17-12-5-3-4-11(16)14(12)18/h3-5,10H,6-9H2,1-2H3. The lowest BCUT2D eigenvalue weighted by Gasteiger charge is -2.17. The van der Waals surface area contributed by atoms with Gasteiger partial charge in [0.1, 0.15) is 5.82 Å². The van der Waals surface area contributed by atoms with Gasteiger partial charge in [-0.3, -0.25) is 4.21 Å². The summed E-state index contributed by atoms with van der Waals surface area (Å²) in [4.78, 5) is 4.63. The molecule has 2 aromatic rings. The van der Waals surface area contributed by atoms with E-state index < -0.39 is 10.8 Å². The Morgan fingerprint density at radius 1 is 1.45 bits per heavy atom. The molecular formula is C14H18Cl2N2OS. The second-order valence-electron chi connectivity index (χ2n) is 4.86. The van der Waals surface area contributed by atoms with E-state index in [9.17, 15) is 4.21 Å². The molecule has 20 heavy (non-hydrogen) atoms. The van der Waals surface area contributed by atoms with Gasteiger partial charge < -0.3 is 4.57 Å². The Bertz CT molecular complexity index is 627. The van der Waals surface area contributed by atoms with Crippen molar-refractivity contribution in [3.63, 3.8) is 0 Å². The third-order valence-corrected chi connectivity index (χ3v) is 4.62. The van der Waals surface area contributed by atoms with E-state index in [1.807, 2.05) is 18.2 Å². The molecule has 1 heterocycles. The second kappa shape index (κ2) is 6.92. The molecule has 0 radical (unpaired) electrons. The van der Waals surface area contributed by atoms with Gasteiger partial charge in [-0.05, 0) is 25.5 Å². The molecule has 0 aliphatic heterocycles. The molecule has 2 rings (SSSR count). The molecule has 110 valence electrons. The molecule has 1 aromatic heterocycles. The number of para-hydroxylation sites is 1. The number of aromatic nitrogens is 2. The fourth-order valence-corrected chi connectivity index (χ4v) is 3.46. The van der Waals surface area contributed by atoms with Crippen LogP contribution in [-0.4, -0.2) is 31.6 Å². The molecule has 3 nitrogen and oxygen atoms in total. The van der Waals surface area contributed by atoms with Crippen LogP contribution in [0.25, 0.3) is 11.0 Å². The van der Waals surface area contributed by atoms with Crippen LogP contribution in [0.15, 0.2) is 18.2 Å². The van der Waals surface area contributed by atoms with Gasteiger partial charge in [-0.1, -0.05) is 17.7 Å². The van der Waals surface area contributed by atoms with E-state index in [2.05, 4.69) is 16.5 Å².